The molecule has 4 fully saturated rings. The van der Waals surface area contributed by atoms with Crippen LogP contribution in [0.25, 0.3) is 16.7 Å². The standard InChI is InChI=1S/C36H38ClF5N4O3S.C13H16N2O.C12H23NO2/c1-18(2)25(16-22-14-23(38)17-24(39)15-22)33-45-32-29(19(3)13-28(44-32)35(40)9-11-36(41,42)12-10-35)34(47)46(33)27-8-7-26(37)30(20(27)4)31(43)21(5)50(6,48)49;1-7(16)6-15-11-5-9-4-10(9)12(11)13(14-15)8-2-3-8;1-5-6-9(2)12(14)13-7-10(3)15-11(4)8-13/h7-8,13-15,17-18,21,25,43H,9-12,16H2,1-6H3;8-10H,2-6H2,1H3;9-11H,5-8H2,1-4H3/t;;9-,10?,11?/m..0/s1. The molecule has 3 saturated carbocycles. The second-order valence-corrected chi connectivity index (χ2v) is 26.9. The molecule has 1 saturated heterocycles. The van der Waals surface area contributed by atoms with E-state index in [1.807, 2.05) is 44.2 Å². The predicted molar refractivity (Wildman–Crippen MR) is 305 cm³/mol. The Morgan fingerprint density at radius 3 is 2.14 bits per heavy atom. The summed E-state index contributed by atoms with van der Waals surface area (Å²) in [6, 6.07) is 7.44. The van der Waals surface area contributed by atoms with Crippen molar-refractivity contribution < 1.29 is 44.7 Å². The number of nitrogens with zero attached hydrogens (tertiary/aromatic N) is 6. The van der Waals surface area contributed by atoms with Crippen molar-refractivity contribution in [3.63, 3.8) is 0 Å². The van der Waals surface area contributed by atoms with E-state index >= 15 is 4.39 Å². The number of alkyl halides is 3. The number of ether oxygens (including phenoxy) is 1. The summed E-state index contributed by atoms with van der Waals surface area (Å²) in [5, 5.41) is 12.4. The van der Waals surface area contributed by atoms with Crippen molar-refractivity contribution in [2.45, 2.75) is 193 Å². The quantitative estimate of drug-likeness (QED) is 0.0791. The molecule has 81 heavy (non-hydrogen) atoms. The number of morpholine rings is 1. The lowest BCUT2D eigenvalue weighted by Crippen LogP contribution is -2.49. The van der Waals surface area contributed by atoms with Gasteiger partial charge in [-0.1, -0.05) is 45.7 Å². The summed E-state index contributed by atoms with van der Waals surface area (Å²) in [5.74, 6) is -2.38. The topological polar surface area (TPSA) is 170 Å². The number of nitrogens with one attached hydrogen (secondary N) is 1. The average Bonchev–Trinajstić information content (AvgIpc) is 4.46. The number of rotatable bonds is 15. The Morgan fingerprint density at radius 1 is 0.938 bits per heavy atom. The molecule has 2 aromatic carbocycles. The highest BCUT2D eigenvalue weighted by atomic mass is 35.5. The third kappa shape index (κ3) is 13.7. The Labute approximate surface area is 477 Å². The summed E-state index contributed by atoms with van der Waals surface area (Å²) in [6.45, 7) is 20.0. The van der Waals surface area contributed by atoms with E-state index in [-0.39, 0.29) is 86.3 Å². The van der Waals surface area contributed by atoms with Crippen LogP contribution >= 0.6 is 11.6 Å². The lowest BCUT2D eigenvalue weighted by atomic mass is 9.81. The van der Waals surface area contributed by atoms with Gasteiger partial charge in [0.05, 0.1) is 51.9 Å². The summed E-state index contributed by atoms with van der Waals surface area (Å²) < 4.78 is 107. The van der Waals surface area contributed by atoms with Crippen molar-refractivity contribution in [2.24, 2.45) is 17.8 Å². The summed E-state index contributed by atoms with van der Waals surface area (Å²) in [4.78, 5) is 49.2. The highest BCUT2D eigenvalue weighted by molar-refractivity contribution is 7.92. The number of pyridine rings is 1. The fraction of sp³-hybridized carbons (Fsp3) is 0.590. The number of amides is 1. The fourth-order valence-corrected chi connectivity index (χ4v) is 12.9. The average molecular weight is 1170 g/mol. The summed E-state index contributed by atoms with van der Waals surface area (Å²) in [6.07, 6.45) is 6.33. The number of hydrogen-bond acceptors (Lipinski definition) is 10. The highest BCUT2D eigenvalue weighted by Gasteiger charge is 2.51. The summed E-state index contributed by atoms with van der Waals surface area (Å²) >= 11 is 6.55. The number of sulfone groups is 1. The Bertz CT molecular complexity index is 3380. The van der Waals surface area contributed by atoms with Crippen molar-refractivity contribution in [1.29, 1.82) is 5.41 Å². The van der Waals surface area contributed by atoms with Gasteiger partial charge in [-0.05, 0) is 158 Å². The molecule has 4 aliphatic carbocycles. The van der Waals surface area contributed by atoms with Crippen LogP contribution < -0.4 is 5.56 Å². The van der Waals surface area contributed by atoms with E-state index in [1.165, 1.54) is 78.9 Å². The molecular weight excluding hydrogens is 1090 g/mol. The van der Waals surface area contributed by atoms with Crippen LogP contribution in [-0.4, -0.2) is 97.8 Å². The van der Waals surface area contributed by atoms with Gasteiger partial charge in [-0.3, -0.25) is 23.6 Å². The Balaban J connectivity index is 0.000000221. The second kappa shape index (κ2) is 24.1. The number of hydrogen-bond donors (Lipinski definition) is 1. The number of fused-ring (bicyclic) bond motifs is 4. The maximum absolute atomic E-state index is 16.3. The van der Waals surface area contributed by atoms with Gasteiger partial charge in [0.25, 0.3) is 5.56 Å². The van der Waals surface area contributed by atoms with Crippen molar-refractivity contribution in [2.75, 3.05) is 19.3 Å². The molecule has 20 heteroatoms. The number of Topliss-reactive ketones (excluding diaryl/α,β-unsaturated/α-hetero) is 1. The van der Waals surface area contributed by atoms with Crippen molar-refractivity contribution in [1.82, 2.24) is 29.2 Å². The first kappa shape index (κ1) is 61.7. The van der Waals surface area contributed by atoms with Crippen LogP contribution in [-0.2, 0) is 49.2 Å². The minimum atomic E-state index is -3.71. The molecule has 6 unspecified atom stereocenters. The monoisotopic (exact) mass is 1170 g/mol. The predicted octanol–water partition coefficient (Wildman–Crippen LogP) is 12.6. The largest absolute Gasteiger partial charge is 0.372 e. The van der Waals surface area contributed by atoms with E-state index in [0.717, 1.165) is 56.0 Å². The first-order chi connectivity index (χ1) is 37.9. The number of aromatic nitrogens is 5. The molecule has 0 spiro atoms. The SMILES string of the molecule is CC(=O)Cn1nc(C2CC2)c2c1CC1CC21.CCC[C@H](C)C(=O)N1CC(C)OC(C)C1.Cc1c(-n2c(C(Cc3cc(F)cc(F)c3)C(C)C)nc3nc(C4(F)CCC(F)(F)CC4)cc(C)c3c2=O)ccc(Cl)c1C(=N)C(C)S(C)(=O)=O. The number of ketones is 1. The lowest BCUT2D eigenvalue weighted by Gasteiger charge is -2.36. The van der Waals surface area contributed by atoms with Gasteiger partial charge < -0.3 is 15.0 Å². The number of aryl methyl sites for hydroxylation is 1. The van der Waals surface area contributed by atoms with Crippen molar-refractivity contribution in [3.05, 3.63) is 114 Å². The van der Waals surface area contributed by atoms with Gasteiger partial charge in [-0.15, -0.1) is 0 Å². The Morgan fingerprint density at radius 2 is 1.57 bits per heavy atom. The summed E-state index contributed by atoms with van der Waals surface area (Å²) in [7, 11) is -3.71. The van der Waals surface area contributed by atoms with Crippen LogP contribution in [0, 0.1) is 48.6 Å². The van der Waals surface area contributed by atoms with Gasteiger partial charge in [-0.2, -0.15) is 5.10 Å². The molecule has 1 amide bonds. The normalized spacial score (nSPS) is 21.9. The van der Waals surface area contributed by atoms with Crippen LogP contribution in [0.4, 0.5) is 22.0 Å². The molecule has 10 rings (SSSR count). The molecule has 13 nitrogen and oxygen atoms in total. The lowest BCUT2D eigenvalue weighted by molar-refractivity contribution is -0.147. The molecule has 1 N–H and O–H groups in total. The molecule has 5 aliphatic rings. The van der Waals surface area contributed by atoms with Gasteiger partial charge in [0, 0.05) is 72.8 Å². The first-order valence-corrected chi connectivity index (χ1v) is 30.8. The molecule has 0 radical (unpaired) electrons. The smallest absolute Gasteiger partial charge is 0.267 e. The van der Waals surface area contributed by atoms with Gasteiger partial charge in [0.2, 0.25) is 11.8 Å². The summed E-state index contributed by atoms with van der Waals surface area (Å²) in [5.41, 5.74) is 2.17. The minimum Gasteiger partial charge on any atom is -0.372 e. The number of carbonyl (C=O) groups excluding carboxylic acids is 2. The van der Waals surface area contributed by atoms with E-state index in [0.29, 0.717) is 23.6 Å². The molecule has 0 bridgehead atoms. The molecule has 4 heterocycles. The second-order valence-electron chi connectivity index (χ2n) is 24.1. The molecule has 440 valence electrons. The maximum atomic E-state index is 16.3. The van der Waals surface area contributed by atoms with E-state index in [4.69, 9.17) is 31.8 Å². The third-order valence-electron chi connectivity index (χ3n) is 16.8. The number of carbonyl (C=O) groups is 2. The van der Waals surface area contributed by atoms with E-state index in [9.17, 15) is 40.4 Å². The number of benzene rings is 2. The van der Waals surface area contributed by atoms with Gasteiger partial charge in [0.1, 0.15) is 22.7 Å². The van der Waals surface area contributed by atoms with Crippen LogP contribution in [0.2, 0.25) is 5.02 Å². The van der Waals surface area contributed by atoms with Crippen LogP contribution in [0.5, 0.6) is 0 Å². The zero-order chi connectivity index (χ0) is 59.4. The van der Waals surface area contributed by atoms with Crippen LogP contribution in [0.3, 0.4) is 0 Å². The van der Waals surface area contributed by atoms with Gasteiger partial charge in [0.15, 0.2) is 26.9 Å². The van der Waals surface area contributed by atoms with Crippen LogP contribution in [0.1, 0.15) is 182 Å². The van der Waals surface area contributed by atoms with Crippen LogP contribution in [0.15, 0.2) is 41.2 Å². The highest BCUT2D eigenvalue weighted by Crippen LogP contribution is 2.60. The fourth-order valence-electron chi connectivity index (χ4n) is 12.1. The molecular formula is C61H77ClF5N7O6S. The third-order valence-corrected chi connectivity index (χ3v) is 18.7. The zero-order valence-corrected chi connectivity index (χ0v) is 49.9. The van der Waals surface area contributed by atoms with Gasteiger partial charge >= 0.3 is 0 Å². The molecule has 3 aromatic heterocycles. The molecule has 5 aromatic rings. The Kier molecular flexibility index (Phi) is 18.3. The molecule has 7 atom stereocenters. The Hall–Kier alpha value is -5.40. The minimum absolute atomic E-state index is 0.0194. The number of halogens is 6. The first-order valence-electron chi connectivity index (χ1n) is 28.5. The van der Waals surface area contributed by atoms with E-state index in [2.05, 4.69) is 11.9 Å². The van der Waals surface area contributed by atoms with Gasteiger partial charge in [-0.25, -0.2) is 40.3 Å². The van der Waals surface area contributed by atoms with E-state index in [1.54, 1.807) is 26.3 Å². The van der Waals surface area contributed by atoms with Crippen molar-refractivity contribution in [3.8, 4) is 5.69 Å². The molecule has 1 aliphatic heterocycles. The zero-order valence-electron chi connectivity index (χ0n) is 48.4. The van der Waals surface area contributed by atoms with Crippen molar-refractivity contribution >= 4 is 49.9 Å². The van der Waals surface area contributed by atoms with E-state index < -0.39 is 75.5 Å². The maximum Gasteiger partial charge on any atom is 0.267 e.